The first-order valence-electron chi connectivity index (χ1n) is 9.55. The number of carbonyl (C=O) groups is 1. The van der Waals surface area contributed by atoms with E-state index in [1.54, 1.807) is 12.1 Å². The number of amides is 1. The summed E-state index contributed by atoms with van der Waals surface area (Å²) in [4.78, 5) is 12.7. The SMILES string of the molecule is CSCCC(NS(=O)(=O)c1ccc(C)cc1)C(=O)NCCc1ccccc1C(F)(F)F. The Labute approximate surface area is 184 Å². The summed E-state index contributed by atoms with van der Waals surface area (Å²) in [5, 5.41) is 2.56. The summed E-state index contributed by atoms with van der Waals surface area (Å²) in [6.45, 7) is 1.78. The van der Waals surface area contributed by atoms with E-state index in [1.165, 1.54) is 42.1 Å². The first kappa shape index (κ1) is 25.2. The molecular formula is C21H25F3N2O3S2. The van der Waals surface area contributed by atoms with Gasteiger partial charge in [0.25, 0.3) is 0 Å². The number of thioether (sulfide) groups is 1. The van der Waals surface area contributed by atoms with E-state index < -0.39 is 33.7 Å². The zero-order valence-corrected chi connectivity index (χ0v) is 18.8. The molecule has 0 spiro atoms. The van der Waals surface area contributed by atoms with Gasteiger partial charge in [-0.1, -0.05) is 35.9 Å². The van der Waals surface area contributed by atoms with E-state index in [1.807, 2.05) is 13.2 Å². The Balaban J connectivity index is 2.06. The van der Waals surface area contributed by atoms with Crippen LogP contribution in [0.3, 0.4) is 0 Å². The molecule has 1 atom stereocenters. The fraction of sp³-hybridized carbons (Fsp3) is 0.381. The predicted molar refractivity (Wildman–Crippen MR) is 116 cm³/mol. The standard InChI is InChI=1S/C21H25F3N2O3S2/c1-15-7-9-17(10-8-15)31(28,29)26-19(12-14-30-2)20(27)25-13-11-16-5-3-4-6-18(16)21(22,23)24/h3-10,19,26H,11-14H2,1-2H3,(H,25,27). The number of hydrogen-bond donors (Lipinski definition) is 2. The van der Waals surface area contributed by atoms with Gasteiger partial charge in [0.15, 0.2) is 0 Å². The summed E-state index contributed by atoms with van der Waals surface area (Å²) in [5.41, 5.74) is 0.217. The Hall–Kier alpha value is -2.04. The van der Waals surface area contributed by atoms with E-state index in [-0.39, 0.29) is 29.8 Å². The number of rotatable bonds is 10. The molecule has 170 valence electrons. The molecule has 2 aromatic rings. The average molecular weight is 475 g/mol. The van der Waals surface area contributed by atoms with Gasteiger partial charge in [-0.2, -0.15) is 29.7 Å². The Kier molecular flexibility index (Phi) is 8.96. The highest BCUT2D eigenvalue weighted by Crippen LogP contribution is 2.31. The molecule has 31 heavy (non-hydrogen) atoms. The minimum atomic E-state index is -4.48. The van der Waals surface area contributed by atoms with Crippen LogP contribution in [0, 0.1) is 6.92 Å². The number of halogens is 3. The molecule has 1 unspecified atom stereocenters. The third-order valence-corrected chi connectivity index (χ3v) is 6.70. The number of sulfonamides is 1. The number of nitrogens with one attached hydrogen (secondary N) is 2. The summed E-state index contributed by atoms with van der Waals surface area (Å²) in [6, 6.07) is 10.4. The minimum Gasteiger partial charge on any atom is -0.354 e. The molecule has 0 heterocycles. The van der Waals surface area contributed by atoms with Crippen molar-refractivity contribution in [1.29, 1.82) is 0 Å². The van der Waals surface area contributed by atoms with Crippen molar-refractivity contribution < 1.29 is 26.4 Å². The first-order valence-corrected chi connectivity index (χ1v) is 12.4. The van der Waals surface area contributed by atoms with Crippen molar-refractivity contribution in [1.82, 2.24) is 10.0 Å². The molecule has 1 amide bonds. The van der Waals surface area contributed by atoms with E-state index in [0.29, 0.717) is 5.75 Å². The normalized spacial score (nSPS) is 13.1. The van der Waals surface area contributed by atoms with Crippen molar-refractivity contribution in [2.75, 3.05) is 18.6 Å². The van der Waals surface area contributed by atoms with E-state index >= 15 is 0 Å². The number of aryl methyl sites for hydroxylation is 1. The van der Waals surface area contributed by atoms with Crippen LogP contribution in [-0.2, 0) is 27.4 Å². The van der Waals surface area contributed by atoms with Crippen LogP contribution in [0.25, 0.3) is 0 Å². The fourth-order valence-electron chi connectivity index (χ4n) is 2.91. The van der Waals surface area contributed by atoms with Crippen LogP contribution in [0.4, 0.5) is 13.2 Å². The maximum atomic E-state index is 13.1. The van der Waals surface area contributed by atoms with Crippen LogP contribution in [0.5, 0.6) is 0 Å². The third-order valence-electron chi connectivity index (χ3n) is 4.57. The Morgan fingerprint density at radius 1 is 1.10 bits per heavy atom. The highest BCUT2D eigenvalue weighted by atomic mass is 32.2. The zero-order chi connectivity index (χ0) is 23.1. The van der Waals surface area contributed by atoms with Gasteiger partial charge in [-0.25, -0.2) is 8.42 Å². The van der Waals surface area contributed by atoms with Crippen LogP contribution < -0.4 is 10.0 Å². The average Bonchev–Trinajstić information content (AvgIpc) is 2.71. The first-order chi connectivity index (χ1) is 14.5. The maximum absolute atomic E-state index is 13.1. The number of alkyl halides is 3. The molecule has 0 radical (unpaired) electrons. The second-order valence-corrected chi connectivity index (χ2v) is 9.66. The summed E-state index contributed by atoms with van der Waals surface area (Å²) >= 11 is 1.46. The molecule has 0 aliphatic carbocycles. The monoisotopic (exact) mass is 474 g/mol. The largest absolute Gasteiger partial charge is 0.416 e. The van der Waals surface area contributed by atoms with Crippen molar-refractivity contribution in [3.63, 3.8) is 0 Å². The molecule has 0 aliphatic heterocycles. The van der Waals surface area contributed by atoms with Crippen LogP contribution in [0.1, 0.15) is 23.1 Å². The number of carbonyl (C=O) groups excluding carboxylic acids is 1. The zero-order valence-electron chi connectivity index (χ0n) is 17.2. The number of benzene rings is 2. The number of hydrogen-bond acceptors (Lipinski definition) is 4. The quantitative estimate of drug-likeness (QED) is 0.550. The lowest BCUT2D eigenvalue weighted by atomic mass is 10.0. The highest BCUT2D eigenvalue weighted by Gasteiger charge is 2.32. The van der Waals surface area contributed by atoms with Crippen molar-refractivity contribution in [2.45, 2.75) is 36.9 Å². The molecule has 2 rings (SSSR count). The van der Waals surface area contributed by atoms with Gasteiger partial charge in [0.05, 0.1) is 10.5 Å². The van der Waals surface area contributed by atoms with Gasteiger partial charge in [-0.3, -0.25) is 4.79 Å². The molecule has 0 fully saturated rings. The smallest absolute Gasteiger partial charge is 0.354 e. The Morgan fingerprint density at radius 3 is 2.35 bits per heavy atom. The lowest BCUT2D eigenvalue weighted by Gasteiger charge is -2.19. The molecule has 0 saturated carbocycles. The molecule has 0 aliphatic rings. The molecule has 5 nitrogen and oxygen atoms in total. The highest BCUT2D eigenvalue weighted by molar-refractivity contribution is 7.98. The lowest BCUT2D eigenvalue weighted by Crippen LogP contribution is -2.47. The molecule has 0 bridgehead atoms. The minimum absolute atomic E-state index is 0.0264. The van der Waals surface area contributed by atoms with Crippen LogP contribution in [-0.4, -0.2) is 38.9 Å². The molecule has 2 aromatic carbocycles. The second kappa shape index (κ2) is 11.0. The van der Waals surface area contributed by atoms with Crippen molar-refractivity contribution in [2.24, 2.45) is 0 Å². The topological polar surface area (TPSA) is 75.3 Å². The lowest BCUT2D eigenvalue weighted by molar-refractivity contribution is -0.138. The third kappa shape index (κ3) is 7.55. The van der Waals surface area contributed by atoms with E-state index in [9.17, 15) is 26.4 Å². The van der Waals surface area contributed by atoms with Gasteiger partial charge in [0, 0.05) is 6.54 Å². The maximum Gasteiger partial charge on any atom is 0.416 e. The van der Waals surface area contributed by atoms with Gasteiger partial charge >= 0.3 is 6.18 Å². The van der Waals surface area contributed by atoms with Gasteiger partial charge in [-0.15, -0.1) is 0 Å². The predicted octanol–water partition coefficient (Wildman–Crippen LogP) is 3.77. The van der Waals surface area contributed by atoms with Gasteiger partial charge < -0.3 is 5.32 Å². The van der Waals surface area contributed by atoms with Crippen LogP contribution >= 0.6 is 11.8 Å². The van der Waals surface area contributed by atoms with Crippen LogP contribution in [0.2, 0.25) is 0 Å². The summed E-state index contributed by atoms with van der Waals surface area (Å²) in [5.74, 6) is -0.0416. The molecular weight excluding hydrogens is 449 g/mol. The van der Waals surface area contributed by atoms with E-state index in [2.05, 4.69) is 10.0 Å². The molecule has 0 saturated heterocycles. The fourth-order valence-corrected chi connectivity index (χ4v) is 4.61. The van der Waals surface area contributed by atoms with Crippen molar-refractivity contribution in [3.8, 4) is 0 Å². The van der Waals surface area contributed by atoms with Gasteiger partial charge in [-0.05, 0) is 55.5 Å². The Morgan fingerprint density at radius 2 is 1.74 bits per heavy atom. The van der Waals surface area contributed by atoms with Gasteiger partial charge in [0.2, 0.25) is 15.9 Å². The molecule has 0 aromatic heterocycles. The molecule has 2 N–H and O–H groups in total. The second-order valence-electron chi connectivity index (χ2n) is 6.96. The summed E-state index contributed by atoms with van der Waals surface area (Å²) in [6.07, 6.45) is -2.43. The summed E-state index contributed by atoms with van der Waals surface area (Å²) in [7, 11) is -3.92. The van der Waals surface area contributed by atoms with Gasteiger partial charge in [0.1, 0.15) is 6.04 Å². The van der Waals surface area contributed by atoms with Crippen molar-refractivity contribution >= 4 is 27.7 Å². The Bertz CT molecular complexity index is 978. The summed E-state index contributed by atoms with van der Waals surface area (Å²) < 4.78 is 67.0. The molecule has 10 heteroatoms. The van der Waals surface area contributed by atoms with E-state index in [4.69, 9.17) is 0 Å². The van der Waals surface area contributed by atoms with E-state index in [0.717, 1.165) is 11.6 Å². The van der Waals surface area contributed by atoms with Crippen LogP contribution in [0.15, 0.2) is 53.4 Å². The van der Waals surface area contributed by atoms with Crippen molar-refractivity contribution in [3.05, 3.63) is 65.2 Å².